The third-order valence-electron chi connectivity index (χ3n) is 5.31. The van der Waals surface area contributed by atoms with E-state index < -0.39 is 0 Å². The fourth-order valence-corrected chi connectivity index (χ4v) is 3.55. The summed E-state index contributed by atoms with van der Waals surface area (Å²) in [5.74, 6) is 2.49. The van der Waals surface area contributed by atoms with Crippen molar-refractivity contribution < 1.29 is 9.84 Å². The minimum absolute atomic E-state index is 0.159. The van der Waals surface area contributed by atoms with Crippen molar-refractivity contribution in [2.45, 2.75) is 71.3 Å². The lowest BCUT2D eigenvalue weighted by Gasteiger charge is -2.26. The molecule has 0 aliphatic heterocycles. The molecule has 1 fully saturated rings. The molecule has 2 heterocycles. The third kappa shape index (κ3) is 4.09. The first kappa shape index (κ1) is 18.1. The monoisotopic (exact) mass is 343 g/mol. The molecule has 0 spiro atoms. The van der Waals surface area contributed by atoms with Crippen molar-refractivity contribution in [1.82, 2.24) is 15.0 Å². The zero-order chi connectivity index (χ0) is 17.8. The number of fused-ring (bicyclic) bond motifs is 1. The topological polar surface area (TPSA) is 68.1 Å². The van der Waals surface area contributed by atoms with Crippen LogP contribution < -0.4 is 4.74 Å². The Morgan fingerprint density at radius 3 is 2.60 bits per heavy atom. The van der Waals surface area contributed by atoms with Gasteiger partial charge in [-0.3, -0.25) is 0 Å². The van der Waals surface area contributed by atoms with Crippen LogP contribution in [0.1, 0.15) is 70.2 Å². The fraction of sp³-hybridized carbons (Fsp3) is 0.650. The van der Waals surface area contributed by atoms with E-state index in [4.69, 9.17) is 9.72 Å². The molecule has 0 bridgehead atoms. The van der Waals surface area contributed by atoms with Gasteiger partial charge in [-0.1, -0.05) is 20.3 Å². The number of aromatic nitrogens is 3. The van der Waals surface area contributed by atoms with Crippen LogP contribution in [-0.2, 0) is 6.42 Å². The lowest BCUT2D eigenvalue weighted by molar-refractivity contribution is 0.122. The van der Waals surface area contributed by atoms with Gasteiger partial charge in [0.15, 0.2) is 0 Å². The summed E-state index contributed by atoms with van der Waals surface area (Å²) in [6.45, 7) is 6.96. The molecule has 2 aromatic heterocycles. The molecule has 3 rings (SSSR count). The van der Waals surface area contributed by atoms with Gasteiger partial charge in [-0.2, -0.15) is 0 Å². The summed E-state index contributed by atoms with van der Waals surface area (Å²) >= 11 is 0. The summed E-state index contributed by atoms with van der Waals surface area (Å²) in [7, 11) is 0. The lowest BCUT2D eigenvalue weighted by Crippen LogP contribution is -2.18. The Bertz CT molecular complexity index is 711. The Kier molecular flexibility index (Phi) is 5.84. The molecule has 0 aromatic carbocycles. The van der Waals surface area contributed by atoms with E-state index >= 15 is 0 Å². The Morgan fingerprint density at radius 2 is 1.92 bits per heavy atom. The van der Waals surface area contributed by atoms with Gasteiger partial charge in [0.2, 0.25) is 5.88 Å². The average Bonchev–Trinajstić information content (AvgIpc) is 2.63. The van der Waals surface area contributed by atoms with Crippen LogP contribution in [0.5, 0.6) is 5.88 Å². The lowest BCUT2D eigenvalue weighted by atomic mass is 9.82. The van der Waals surface area contributed by atoms with Crippen LogP contribution in [0.15, 0.2) is 12.4 Å². The van der Waals surface area contributed by atoms with Crippen LogP contribution >= 0.6 is 0 Å². The highest BCUT2D eigenvalue weighted by Gasteiger charge is 2.24. The quantitative estimate of drug-likeness (QED) is 0.857. The van der Waals surface area contributed by atoms with Crippen LogP contribution in [0.3, 0.4) is 0 Å². The first-order valence-electron chi connectivity index (χ1n) is 9.57. The van der Waals surface area contributed by atoms with Crippen LogP contribution in [-0.4, -0.2) is 32.8 Å². The first-order chi connectivity index (χ1) is 12.1. The molecule has 1 aliphatic rings. The van der Waals surface area contributed by atoms with Crippen molar-refractivity contribution in [3.05, 3.63) is 23.8 Å². The van der Waals surface area contributed by atoms with Gasteiger partial charge in [-0.15, -0.1) is 0 Å². The Labute approximate surface area is 149 Å². The van der Waals surface area contributed by atoms with Gasteiger partial charge in [0.05, 0.1) is 23.6 Å². The SMILES string of the molecule is CCOc1ncc(C2CCC(O)CC2)c2nc(C[C@@H](C)CC)ncc12. The van der Waals surface area contributed by atoms with Gasteiger partial charge in [-0.05, 0) is 44.4 Å². The van der Waals surface area contributed by atoms with E-state index in [2.05, 4.69) is 23.8 Å². The van der Waals surface area contributed by atoms with Gasteiger partial charge in [0, 0.05) is 24.4 Å². The summed E-state index contributed by atoms with van der Waals surface area (Å²) in [6.07, 6.45) is 9.32. The Morgan fingerprint density at radius 1 is 1.16 bits per heavy atom. The number of ether oxygens (including phenoxy) is 1. The molecular weight excluding hydrogens is 314 g/mol. The highest BCUT2D eigenvalue weighted by atomic mass is 16.5. The molecule has 0 radical (unpaired) electrons. The number of aliphatic hydroxyl groups excluding tert-OH is 1. The van der Waals surface area contributed by atoms with Gasteiger partial charge in [0.25, 0.3) is 0 Å². The van der Waals surface area contributed by atoms with E-state index in [1.54, 1.807) is 0 Å². The molecule has 0 unspecified atom stereocenters. The summed E-state index contributed by atoms with van der Waals surface area (Å²) < 4.78 is 5.69. The van der Waals surface area contributed by atoms with E-state index in [0.717, 1.165) is 55.3 Å². The predicted octanol–water partition coefficient (Wildman–Crippen LogP) is 4.03. The molecule has 5 heteroatoms. The average molecular weight is 343 g/mol. The molecule has 5 nitrogen and oxygen atoms in total. The smallest absolute Gasteiger partial charge is 0.224 e. The maximum absolute atomic E-state index is 9.81. The highest BCUT2D eigenvalue weighted by Crippen LogP contribution is 2.37. The van der Waals surface area contributed by atoms with E-state index in [0.29, 0.717) is 24.3 Å². The minimum Gasteiger partial charge on any atom is -0.477 e. The van der Waals surface area contributed by atoms with Crippen LogP contribution in [0.25, 0.3) is 10.9 Å². The number of aliphatic hydroxyl groups is 1. The maximum Gasteiger partial charge on any atom is 0.224 e. The number of hydrogen-bond acceptors (Lipinski definition) is 5. The van der Waals surface area contributed by atoms with Crippen molar-refractivity contribution in [2.75, 3.05) is 6.61 Å². The summed E-state index contributed by atoms with van der Waals surface area (Å²) in [5, 5.41) is 10.7. The molecule has 136 valence electrons. The van der Waals surface area contributed by atoms with E-state index in [-0.39, 0.29) is 6.10 Å². The Hall–Kier alpha value is -1.75. The van der Waals surface area contributed by atoms with Crippen molar-refractivity contribution in [3.8, 4) is 5.88 Å². The summed E-state index contributed by atoms with van der Waals surface area (Å²) in [4.78, 5) is 14.0. The van der Waals surface area contributed by atoms with Gasteiger partial charge in [-0.25, -0.2) is 15.0 Å². The molecule has 1 N–H and O–H groups in total. The standard InChI is InChI=1S/C20H29N3O2/c1-4-13(3)10-18-21-12-17-19(23-18)16(11-22-20(17)25-5-2)14-6-8-15(24)9-7-14/h11-15,24H,4-10H2,1-3H3/t13-,14?,15?/m0/s1. The van der Waals surface area contributed by atoms with Crippen molar-refractivity contribution in [1.29, 1.82) is 0 Å². The van der Waals surface area contributed by atoms with Crippen molar-refractivity contribution in [3.63, 3.8) is 0 Å². The van der Waals surface area contributed by atoms with Crippen molar-refractivity contribution in [2.24, 2.45) is 5.92 Å². The van der Waals surface area contributed by atoms with Crippen LogP contribution in [0.4, 0.5) is 0 Å². The number of pyridine rings is 1. The third-order valence-corrected chi connectivity index (χ3v) is 5.31. The molecule has 0 amide bonds. The summed E-state index contributed by atoms with van der Waals surface area (Å²) in [6, 6.07) is 0. The molecule has 1 saturated carbocycles. The second-order valence-electron chi connectivity index (χ2n) is 7.22. The largest absolute Gasteiger partial charge is 0.477 e. The Balaban J connectivity index is 2.02. The molecule has 2 aromatic rings. The summed E-state index contributed by atoms with van der Waals surface area (Å²) in [5.41, 5.74) is 2.16. The van der Waals surface area contributed by atoms with Crippen LogP contribution in [0.2, 0.25) is 0 Å². The molecule has 1 atom stereocenters. The van der Waals surface area contributed by atoms with E-state index in [9.17, 15) is 5.11 Å². The van der Waals surface area contributed by atoms with Gasteiger partial charge < -0.3 is 9.84 Å². The maximum atomic E-state index is 9.81. The molecular formula is C20H29N3O2. The van der Waals surface area contributed by atoms with Gasteiger partial charge >= 0.3 is 0 Å². The number of rotatable bonds is 6. The molecule has 1 aliphatic carbocycles. The predicted molar refractivity (Wildman–Crippen MR) is 98.9 cm³/mol. The number of nitrogens with zero attached hydrogens (tertiary/aromatic N) is 3. The van der Waals surface area contributed by atoms with E-state index in [1.807, 2.05) is 19.3 Å². The number of hydrogen-bond donors (Lipinski definition) is 1. The molecule has 0 saturated heterocycles. The molecule has 25 heavy (non-hydrogen) atoms. The fourth-order valence-electron chi connectivity index (χ4n) is 3.55. The van der Waals surface area contributed by atoms with E-state index in [1.165, 1.54) is 5.56 Å². The first-order valence-corrected chi connectivity index (χ1v) is 9.57. The zero-order valence-corrected chi connectivity index (χ0v) is 15.5. The van der Waals surface area contributed by atoms with Crippen LogP contribution in [0, 0.1) is 5.92 Å². The van der Waals surface area contributed by atoms with Gasteiger partial charge in [0.1, 0.15) is 5.82 Å². The zero-order valence-electron chi connectivity index (χ0n) is 15.5. The highest BCUT2D eigenvalue weighted by molar-refractivity contribution is 5.85. The minimum atomic E-state index is -0.159. The second-order valence-corrected chi connectivity index (χ2v) is 7.22. The van der Waals surface area contributed by atoms with Crippen molar-refractivity contribution >= 4 is 10.9 Å². The normalized spacial score (nSPS) is 22.1. The second kappa shape index (κ2) is 8.09.